The molecule has 3 aromatic carbocycles. The van der Waals surface area contributed by atoms with E-state index < -0.39 is 0 Å². The van der Waals surface area contributed by atoms with Gasteiger partial charge in [0, 0.05) is 17.3 Å². The Morgan fingerprint density at radius 2 is 1.62 bits per heavy atom. The van der Waals surface area contributed by atoms with E-state index in [0.717, 1.165) is 33.7 Å². The van der Waals surface area contributed by atoms with Crippen molar-refractivity contribution in [1.29, 1.82) is 0 Å². The van der Waals surface area contributed by atoms with Gasteiger partial charge in [-0.25, -0.2) is 0 Å². The molecule has 26 heavy (non-hydrogen) atoms. The summed E-state index contributed by atoms with van der Waals surface area (Å²) in [6.45, 7) is 2.01. The summed E-state index contributed by atoms with van der Waals surface area (Å²) in [6.07, 6.45) is 3.28. The lowest BCUT2D eigenvalue weighted by atomic mass is 10.1. The Bertz CT molecular complexity index is 913. The Morgan fingerprint density at radius 3 is 2.31 bits per heavy atom. The van der Waals surface area contributed by atoms with Gasteiger partial charge in [-0.2, -0.15) is 0 Å². The lowest BCUT2D eigenvalue weighted by molar-refractivity contribution is -0.111. The van der Waals surface area contributed by atoms with Gasteiger partial charge in [0.2, 0.25) is 5.91 Å². The van der Waals surface area contributed by atoms with E-state index in [9.17, 15) is 4.79 Å². The Hall–Kier alpha value is -3.33. The first-order valence-corrected chi connectivity index (χ1v) is 8.45. The third-order valence-corrected chi connectivity index (χ3v) is 4.06. The molecule has 0 spiro atoms. The maximum absolute atomic E-state index is 12.2. The minimum absolute atomic E-state index is 0.180. The summed E-state index contributed by atoms with van der Waals surface area (Å²) in [4.78, 5) is 12.2. The van der Waals surface area contributed by atoms with Gasteiger partial charge >= 0.3 is 0 Å². The predicted octanol–water partition coefficient (Wildman–Crippen LogP) is 5.32. The minimum Gasteiger partial charge on any atom is -0.496 e. The highest BCUT2D eigenvalue weighted by Crippen LogP contribution is 2.22. The van der Waals surface area contributed by atoms with Crippen LogP contribution in [0.3, 0.4) is 0 Å². The Morgan fingerprint density at radius 1 is 0.923 bits per heavy atom. The summed E-state index contributed by atoms with van der Waals surface area (Å²) in [5.41, 5.74) is 5.01. The maximum Gasteiger partial charge on any atom is 0.248 e. The number of methoxy groups -OCH3 is 1. The molecule has 3 nitrogen and oxygen atoms in total. The average Bonchev–Trinajstić information content (AvgIpc) is 2.68. The van der Waals surface area contributed by atoms with Gasteiger partial charge in [0.1, 0.15) is 5.75 Å². The quantitative estimate of drug-likeness (QED) is 0.637. The number of aryl methyl sites for hydroxylation is 1. The molecule has 0 aliphatic rings. The van der Waals surface area contributed by atoms with Crippen molar-refractivity contribution in [1.82, 2.24) is 0 Å². The predicted molar refractivity (Wildman–Crippen MR) is 107 cm³/mol. The van der Waals surface area contributed by atoms with Crippen LogP contribution < -0.4 is 10.1 Å². The number of carbonyl (C=O) groups excluding carboxylic acids is 1. The molecule has 0 bridgehead atoms. The van der Waals surface area contributed by atoms with Crippen molar-refractivity contribution in [3.63, 3.8) is 0 Å². The lowest BCUT2D eigenvalue weighted by Crippen LogP contribution is -2.07. The van der Waals surface area contributed by atoms with E-state index in [1.165, 1.54) is 6.08 Å². The molecule has 0 unspecified atom stereocenters. The van der Waals surface area contributed by atoms with E-state index in [1.54, 1.807) is 13.2 Å². The van der Waals surface area contributed by atoms with Crippen LogP contribution in [-0.4, -0.2) is 13.0 Å². The van der Waals surface area contributed by atoms with Crippen molar-refractivity contribution in [3.8, 4) is 16.9 Å². The van der Waals surface area contributed by atoms with Crippen LogP contribution in [0.25, 0.3) is 17.2 Å². The largest absolute Gasteiger partial charge is 0.496 e. The molecule has 0 heterocycles. The molecule has 0 saturated carbocycles. The number of carbonyl (C=O) groups is 1. The Labute approximate surface area is 154 Å². The van der Waals surface area contributed by atoms with E-state index >= 15 is 0 Å². The highest BCUT2D eigenvalue weighted by molar-refractivity contribution is 6.02. The lowest BCUT2D eigenvalue weighted by Gasteiger charge is -2.06. The summed E-state index contributed by atoms with van der Waals surface area (Å²) in [5.74, 6) is 0.563. The fraction of sp³-hybridized carbons (Fsp3) is 0.0870. The van der Waals surface area contributed by atoms with Gasteiger partial charge in [-0.3, -0.25) is 4.79 Å². The average molecular weight is 343 g/mol. The highest BCUT2D eigenvalue weighted by atomic mass is 16.5. The number of hydrogen-bond acceptors (Lipinski definition) is 2. The normalized spacial score (nSPS) is 10.7. The number of hydrogen-bond donors (Lipinski definition) is 1. The van der Waals surface area contributed by atoms with Gasteiger partial charge in [0.15, 0.2) is 0 Å². The number of benzene rings is 3. The fourth-order valence-corrected chi connectivity index (χ4v) is 2.71. The Kier molecular flexibility index (Phi) is 5.49. The third kappa shape index (κ3) is 4.39. The van der Waals surface area contributed by atoms with Crippen LogP contribution >= 0.6 is 0 Å². The summed E-state index contributed by atoms with van der Waals surface area (Å²) in [7, 11) is 1.62. The molecule has 130 valence electrons. The maximum atomic E-state index is 12.2. The number of anilines is 1. The number of rotatable bonds is 5. The second-order valence-electron chi connectivity index (χ2n) is 6.01. The molecule has 0 fully saturated rings. The summed E-state index contributed by atoms with van der Waals surface area (Å²) in [6, 6.07) is 23.8. The van der Waals surface area contributed by atoms with Gasteiger partial charge in [0.25, 0.3) is 0 Å². The zero-order valence-corrected chi connectivity index (χ0v) is 14.9. The van der Waals surface area contributed by atoms with Crippen LogP contribution in [0, 0.1) is 6.92 Å². The van der Waals surface area contributed by atoms with Gasteiger partial charge in [-0.15, -0.1) is 0 Å². The first-order valence-electron chi connectivity index (χ1n) is 8.45. The first-order chi connectivity index (χ1) is 12.7. The summed E-state index contributed by atoms with van der Waals surface area (Å²) >= 11 is 0. The van der Waals surface area contributed by atoms with Crippen molar-refractivity contribution in [2.24, 2.45) is 0 Å². The number of nitrogens with one attached hydrogen (secondary N) is 1. The first kappa shape index (κ1) is 17.5. The van der Waals surface area contributed by atoms with Crippen molar-refractivity contribution in [3.05, 3.63) is 90.0 Å². The van der Waals surface area contributed by atoms with E-state index in [1.807, 2.05) is 67.6 Å². The molecule has 0 radical (unpaired) electrons. The van der Waals surface area contributed by atoms with Crippen LogP contribution in [0.5, 0.6) is 5.75 Å². The van der Waals surface area contributed by atoms with Gasteiger partial charge < -0.3 is 10.1 Å². The summed E-state index contributed by atoms with van der Waals surface area (Å²) < 4.78 is 5.32. The molecule has 3 heteroatoms. The highest BCUT2D eigenvalue weighted by Gasteiger charge is 2.03. The van der Waals surface area contributed by atoms with E-state index in [-0.39, 0.29) is 5.91 Å². The van der Waals surface area contributed by atoms with Crippen molar-refractivity contribution in [2.75, 3.05) is 12.4 Å². The molecular weight excluding hydrogens is 322 g/mol. The van der Waals surface area contributed by atoms with Crippen molar-refractivity contribution < 1.29 is 9.53 Å². The molecule has 0 aliphatic carbocycles. The monoisotopic (exact) mass is 343 g/mol. The van der Waals surface area contributed by atoms with E-state index in [2.05, 4.69) is 17.4 Å². The number of amides is 1. The molecule has 3 rings (SSSR count). The molecule has 1 amide bonds. The zero-order valence-electron chi connectivity index (χ0n) is 14.9. The molecule has 0 aliphatic heterocycles. The standard InChI is InChI=1S/C23H21NO2/c1-17-8-14-22(26-2)20(16-17)11-15-23(25)24-21-12-9-19(10-13-21)18-6-4-3-5-7-18/h3-16H,1-2H3,(H,24,25)/b15-11+. The molecule has 0 saturated heterocycles. The Balaban J connectivity index is 1.68. The second-order valence-corrected chi connectivity index (χ2v) is 6.01. The third-order valence-electron chi connectivity index (χ3n) is 4.06. The smallest absolute Gasteiger partial charge is 0.248 e. The van der Waals surface area contributed by atoms with E-state index in [0.29, 0.717) is 0 Å². The van der Waals surface area contributed by atoms with Crippen molar-refractivity contribution >= 4 is 17.7 Å². The van der Waals surface area contributed by atoms with Gasteiger partial charge in [0.05, 0.1) is 7.11 Å². The zero-order chi connectivity index (χ0) is 18.4. The topological polar surface area (TPSA) is 38.3 Å². The van der Waals surface area contributed by atoms with Crippen LogP contribution in [0.15, 0.2) is 78.9 Å². The van der Waals surface area contributed by atoms with Crippen LogP contribution in [0.2, 0.25) is 0 Å². The van der Waals surface area contributed by atoms with Crippen molar-refractivity contribution in [2.45, 2.75) is 6.92 Å². The molecule has 0 aromatic heterocycles. The van der Waals surface area contributed by atoms with Crippen LogP contribution in [0.1, 0.15) is 11.1 Å². The van der Waals surface area contributed by atoms with Crippen LogP contribution in [-0.2, 0) is 4.79 Å². The molecule has 3 aromatic rings. The van der Waals surface area contributed by atoms with Gasteiger partial charge in [-0.1, -0.05) is 54.1 Å². The number of ether oxygens (including phenoxy) is 1. The summed E-state index contributed by atoms with van der Waals surface area (Å²) in [5, 5.41) is 2.88. The van der Waals surface area contributed by atoms with Gasteiger partial charge in [-0.05, 0) is 48.4 Å². The van der Waals surface area contributed by atoms with E-state index in [4.69, 9.17) is 4.74 Å². The second kappa shape index (κ2) is 8.17. The van der Waals surface area contributed by atoms with Crippen LogP contribution in [0.4, 0.5) is 5.69 Å². The SMILES string of the molecule is COc1ccc(C)cc1/C=C/C(=O)Nc1ccc(-c2ccccc2)cc1. The molecule has 1 N–H and O–H groups in total. The fourth-order valence-electron chi connectivity index (χ4n) is 2.71. The minimum atomic E-state index is -0.180. The molecular formula is C23H21NO2. The molecule has 0 atom stereocenters.